The number of urea groups is 1. The van der Waals surface area contributed by atoms with E-state index >= 15 is 0 Å². The van der Waals surface area contributed by atoms with E-state index in [9.17, 15) is 14.4 Å². The summed E-state index contributed by atoms with van der Waals surface area (Å²) < 4.78 is 5.05. The molecule has 6 rings (SSSR count). The maximum absolute atomic E-state index is 13.9. The van der Waals surface area contributed by atoms with Crippen molar-refractivity contribution in [1.82, 2.24) is 9.88 Å². The minimum absolute atomic E-state index is 0.265. The number of rotatable bonds is 4. The molecule has 0 bridgehead atoms. The van der Waals surface area contributed by atoms with Crippen molar-refractivity contribution in [2.24, 2.45) is 0 Å². The molecule has 1 fully saturated rings. The lowest BCUT2D eigenvalue weighted by Crippen LogP contribution is -2.44. The van der Waals surface area contributed by atoms with Crippen molar-refractivity contribution in [2.45, 2.75) is 32.4 Å². The van der Waals surface area contributed by atoms with Gasteiger partial charge in [0, 0.05) is 23.0 Å². The van der Waals surface area contributed by atoms with E-state index in [2.05, 4.69) is 11.1 Å². The fraction of sp³-hybridized carbons (Fsp3) is 0.207. The lowest BCUT2D eigenvalue weighted by Gasteiger charge is -2.36. The summed E-state index contributed by atoms with van der Waals surface area (Å²) >= 11 is 0. The lowest BCUT2D eigenvalue weighted by atomic mass is 9.87. The summed E-state index contributed by atoms with van der Waals surface area (Å²) in [5.74, 6) is -0.705. The molecule has 180 valence electrons. The van der Waals surface area contributed by atoms with Crippen LogP contribution in [-0.2, 0) is 16.0 Å². The van der Waals surface area contributed by atoms with Crippen molar-refractivity contribution >= 4 is 34.5 Å². The monoisotopic (exact) mass is 479 g/mol. The highest BCUT2D eigenvalue weighted by atomic mass is 16.5. The van der Waals surface area contributed by atoms with Gasteiger partial charge < -0.3 is 9.72 Å². The first-order valence-corrected chi connectivity index (χ1v) is 12.1. The van der Waals surface area contributed by atoms with Crippen LogP contribution in [0.25, 0.3) is 10.9 Å². The number of para-hydroxylation sites is 1. The Bertz CT molecular complexity index is 1520. The minimum Gasteiger partial charge on any atom is -0.462 e. The number of aromatic amines is 1. The molecule has 3 amide bonds. The number of nitrogens with one attached hydrogen (secondary N) is 1. The highest BCUT2D eigenvalue weighted by Crippen LogP contribution is 2.45. The lowest BCUT2D eigenvalue weighted by molar-refractivity contribution is -0.120. The van der Waals surface area contributed by atoms with Crippen LogP contribution in [0.5, 0.6) is 0 Å². The highest BCUT2D eigenvalue weighted by Gasteiger charge is 2.53. The van der Waals surface area contributed by atoms with Crippen LogP contribution in [0.4, 0.5) is 10.5 Å². The zero-order valence-electron chi connectivity index (χ0n) is 20.0. The molecule has 7 nitrogen and oxygen atoms in total. The molecule has 0 saturated carbocycles. The predicted molar refractivity (Wildman–Crippen MR) is 136 cm³/mol. The molecule has 2 aliphatic heterocycles. The molecule has 0 radical (unpaired) electrons. The number of anilines is 1. The topological polar surface area (TPSA) is 82.7 Å². The van der Waals surface area contributed by atoms with Crippen LogP contribution in [-0.4, -0.2) is 40.4 Å². The van der Waals surface area contributed by atoms with Crippen LogP contribution in [0, 0.1) is 6.92 Å². The van der Waals surface area contributed by atoms with E-state index in [1.54, 1.807) is 36.1 Å². The molecule has 3 aromatic carbocycles. The van der Waals surface area contributed by atoms with E-state index < -0.39 is 18.1 Å². The van der Waals surface area contributed by atoms with E-state index in [-0.39, 0.29) is 18.5 Å². The Morgan fingerprint density at radius 1 is 1.00 bits per heavy atom. The first-order valence-electron chi connectivity index (χ1n) is 12.1. The van der Waals surface area contributed by atoms with Crippen LogP contribution in [0.3, 0.4) is 0 Å². The van der Waals surface area contributed by atoms with Gasteiger partial charge in [-0.25, -0.2) is 14.5 Å². The van der Waals surface area contributed by atoms with Crippen LogP contribution >= 0.6 is 0 Å². The van der Waals surface area contributed by atoms with Gasteiger partial charge >= 0.3 is 12.0 Å². The number of ether oxygens (including phenoxy) is 1. The molecule has 0 unspecified atom stereocenters. The largest absolute Gasteiger partial charge is 0.462 e. The van der Waals surface area contributed by atoms with Crippen molar-refractivity contribution in [1.29, 1.82) is 0 Å². The summed E-state index contributed by atoms with van der Waals surface area (Å²) in [4.78, 5) is 46.2. The van der Waals surface area contributed by atoms with Crippen LogP contribution in [0.2, 0.25) is 0 Å². The highest BCUT2D eigenvalue weighted by molar-refractivity contribution is 6.22. The number of carbonyl (C=O) groups excluding carboxylic acids is 3. The molecular formula is C29H25N3O4. The number of aromatic nitrogens is 1. The van der Waals surface area contributed by atoms with Gasteiger partial charge in [-0.2, -0.15) is 0 Å². The van der Waals surface area contributed by atoms with Gasteiger partial charge in [-0.3, -0.25) is 9.69 Å². The molecular weight excluding hydrogens is 454 g/mol. The standard InChI is InChI=1S/C29H25N3O4/c1-3-36-28(34)18-12-14-19(15-13-18)31-27(33)24-16-22-21-10-6-7-11-23(21)30-25(22)26(32(24)29(31)35)20-9-5-4-8-17(20)2/h4-15,24,26,30H,3,16H2,1-2H3/t24-,26+/m0/s1. The Morgan fingerprint density at radius 3 is 2.47 bits per heavy atom. The number of hydrogen-bond acceptors (Lipinski definition) is 4. The van der Waals surface area contributed by atoms with Gasteiger partial charge in [-0.05, 0) is 60.9 Å². The number of carbonyl (C=O) groups is 3. The minimum atomic E-state index is -0.626. The fourth-order valence-corrected chi connectivity index (χ4v) is 5.49. The zero-order chi connectivity index (χ0) is 25.0. The maximum Gasteiger partial charge on any atom is 0.338 e. The average Bonchev–Trinajstić information content (AvgIpc) is 3.38. The maximum atomic E-state index is 13.9. The third-order valence-electron chi connectivity index (χ3n) is 7.17. The third kappa shape index (κ3) is 3.23. The van der Waals surface area contributed by atoms with Crippen molar-refractivity contribution < 1.29 is 19.1 Å². The van der Waals surface area contributed by atoms with Crippen molar-refractivity contribution in [3.8, 4) is 0 Å². The molecule has 2 atom stereocenters. The van der Waals surface area contributed by atoms with Crippen molar-refractivity contribution in [3.05, 3.63) is 101 Å². The Labute approximate surface area is 208 Å². The smallest absolute Gasteiger partial charge is 0.338 e. The molecule has 2 aliphatic rings. The Hall–Kier alpha value is -4.39. The van der Waals surface area contributed by atoms with Gasteiger partial charge in [0.2, 0.25) is 0 Å². The number of fused-ring (bicyclic) bond motifs is 4. The number of H-pyrrole nitrogens is 1. The SMILES string of the molecule is CCOC(=O)c1ccc(N2C(=O)[C@@H]3Cc4c([nH]c5ccccc45)[C@@H](c4ccccc4C)N3C2=O)cc1. The zero-order valence-corrected chi connectivity index (χ0v) is 20.0. The molecule has 0 aliphatic carbocycles. The van der Waals surface area contributed by atoms with E-state index in [1.165, 1.54) is 4.90 Å². The fourth-order valence-electron chi connectivity index (χ4n) is 5.49. The van der Waals surface area contributed by atoms with Crippen LogP contribution in [0.1, 0.15) is 45.7 Å². The molecule has 4 aromatic rings. The normalized spacial score (nSPS) is 18.9. The number of esters is 1. The van der Waals surface area contributed by atoms with Gasteiger partial charge in [0.25, 0.3) is 5.91 Å². The number of hydrogen-bond donors (Lipinski definition) is 1. The summed E-state index contributed by atoms with van der Waals surface area (Å²) in [5.41, 5.74) is 5.85. The molecule has 36 heavy (non-hydrogen) atoms. The quantitative estimate of drug-likeness (QED) is 0.325. The molecule has 0 spiro atoms. The summed E-state index contributed by atoms with van der Waals surface area (Å²) in [6.45, 7) is 4.04. The van der Waals surface area contributed by atoms with E-state index in [1.807, 2.05) is 49.4 Å². The summed E-state index contributed by atoms with van der Waals surface area (Å²) in [6.07, 6.45) is 0.434. The van der Waals surface area contributed by atoms with Gasteiger partial charge in [-0.15, -0.1) is 0 Å². The van der Waals surface area contributed by atoms with Gasteiger partial charge in [0.05, 0.1) is 17.9 Å². The van der Waals surface area contributed by atoms with Gasteiger partial charge in [-0.1, -0.05) is 42.5 Å². The number of benzene rings is 3. The number of aryl methyl sites for hydroxylation is 1. The average molecular weight is 480 g/mol. The number of nitrogens with zero attached hydrogens (tertiary/aromatic N) is 2. The Kier molecular flexibility index (Phi) is 5.14. The Morgan fingerprint density at radius 2 is 1.72 bits per heavy atom. The van der Waals surface area contributed by atoms with E-state index in [0.29, 0.717) is 17.7 Å². The third-order valence-corrected chi connectivity index (χ3v) is 7.17. The summed E-state index contributed by atoms with van der Waals surface area (Å²) in [6, 6.07) is 21.0. The van der Waals surface area contributed by atoms with Gasteiger partial charge in [0.1, 0.15) is 12.1 Å². The summed E-state index contributed by atoms with van der Waals surface area (Å²) in [7, 11) is 0. The Balaban J connectivity index is 1.46. The second kappa shape index (κ2) is 8.37. The van der Waals surface area contributed by atoms with Crippen LogP contribution in [0.15, 0.2) is 72.8 Å². The molecule has 1 aromatic heterocycles. The van der Waals surface area contributed by atoms with Crippen molar-refractivity contribution in [2.75, 3.05) is 11.5 Å². The molecule has 1 saturated heterocycles. The first-order chi connectivity index (χ1) is 17.5. The van der Waals surface area contributed by atoms with Crippen LogP contribution < -0.4 is 4.90 Å². The second-order valence-electron chi connectivity index (χ2n) is 9.17. The summed E-state index contributed by atoms with van der Waals surface area (Å²) in [5, 5.41) is 1.07. The molecule has 1 N–H and O–H groups in total. The second-order valence-corrected chi connectivity index (χ2v) is 9.17. The van der Waals surface area contributed by atoms with Crippen molar-refractivity contribution in [3.63, 3.8) is 0 Å². The van der Waals surface area contributed by atoms with E-state index in [0.717, 1.165) is 33.3 Å². The first kappa shape index (κ1) is 22.1. The number of imide groups is 1. The van der Waals surface area contributed by atoms with E-state index in [4.69, 9.17) is 4.74 Å². The number of amides is 3. The molecule has 7 heteroatoms. The molecule has 3 heterocycles. The van der Waals surface area contributed by atoms with Gasteiger partial charge in [0.15, 0.2) is 0 Å². The predicted octanol–water partition coefficient (Wildman–Crippen LogP) is 5.14.